The van der Waals surface area contributed by atoms with E-state index in [1.165, 1.54) is 37.7 Å². The summed E-state index contributed by atoms with van der Waals surface area (Å²) in [6.45, 7) is 1.92. The second-order valence-corrected chi connectivity index (χ2v) is 6.28. The molecule has 1 aliphatic carbocycles. The molecule has 0 aliphatic heterocycles. The van der Waals surface area contributed by atoms with Crippen molar-refractivity contribution in [1.29, 1.82) is 0 Å². The summed E-state index contributed by atoms with van der Waals surface area (Å²) in [6.07, 6.45) is 12.5. The van der Waals surface area contributed by atoms with E-state index < -0.39 is 0 Å². The molecule has 2 nitrogen and oxygen atoms in total. The Balaban J connectivity index is 0.00000192. The van der Waals surface area contributed by atoms with Gasteiger partial charge in [-0.2, -0.15) is 0 Å². The Morgan fingerprint density at radius 2 is 1.91 bits per heavy atom. The van der Waals surface area contributed by atoms with E-state index in [2.05, 4.69) is 36.2 Å². The van der Waals surface area contributed by atoms with Crippen molar-refractivity contribution in [3.8, 4) is 0 Å². The van der Waals surface area contributed by atoms with Gasteiger partial charge in [-0.05, 0) is 67.6 Å². The molecule has 0 atom stereocenters. The number of halogens is 1. The number of benzene rings is 1. The summed E-state index contributed by atoms with van der Waals surface area (Å²) < 4.78 is 5.30. The topological polar surface area (TPSA) is 16.4 Å². The summed E-state index contributed by atoms with van der Waals surface area (Å²) in [4.78, 5) is 2.33. The summed E-state index contributed by atoms with van der Waals surface area (Å²) in [5.74, 6) is 0.915. The minimum atomic E-state index is 0. The van der Waals surface area contributed by atoms with Gasteiger partial charge < -0.3 is 4.42 Å². The monoisotopic (exact) mass is 331 g/mol. The summed E-state index contributed by atoms with van der Waals surface area (Å²) in [5, 5.41) is 0. The first-order valence-electron chi connectivity index (χ1n) is 8.30. The van der Waals surface area contributed by atoms with Gasteiger partial charge in [-0.3, -0.25) is 4.90 Å². The van der Waals surface area contributed by atoms with Crippen LogP contribution in [0.15, 0.2) is 47.1 Å². The van der Waals surface area contributed by atoms with Crippen LogP contribution < -0.4 is 0 Å². The fourth-order valence-electron chi connectivity index (χ4n) is 3.17. The quantitative estimate of drug-likeness (QED) is 0.707. The molecule has 0 saturated carbocycles. The molecule has 0 unspecified atom stereocenters. The summed E-state index contributed by atoms with van der Waals surface area (Å²) >= 11 is 0. The number of fused-ring (bicyclic) bond motifs is 1. The summed E-state index contributed by atoms with van der Waals surface area (Å²) in [7, 11) is 2.16. The van der Waals surface area contributed by atoms with E-state index in [-0.39, 0.29) is 12.4 Å². The SMILES string of the molecule is CN(C/C=C/c1ccco1)Cc1ccc2c(c1)CCCCC2.Cl. The number of nitrogens with zero attached hydrogens (tertiary/aromatic N) is 1. The first-order chi connectivity index (χ1) is 10.8. The Morgan fingerprint density at radius 1 is 1.09 bits per heavy atom. The standard InChI is InChI=1S/C20H25NO.ClH/c1-21(13-5-9-20-10-6-14-22-20)16-17-11-12-18-7-3-2-4-8-19(18)15-17;/h5-6,9-12,14-15H,2-4,7-8,13,16H2,1H3;1H/b9-5+;. The Hall–Kier alpha value is -1.51. The largest absolute Gasteiger partial charge is 0.465 e. The van der Waals surface area contributed by atoms with Crippen LogP contribution in [0.4, 0.5) is 0 Å². The van der Waals surface area contributed by atoms with Crippen LogP contribution in [0.2, 0.25) is 0 Å². The lowest BCUT2D eigenvalue weighted by Gasteiger charge is -2.16. The number of hydrogen-bond acceptors (Lipinski definition) is 2. The first-order valence-corrected chi connectivity index (χ1v) is 8.30. The van der Waals surface area contributed by atoms with Crippen LogP contribution >= 0.6 is 12.4 Å². The molecule has 23 heavy (non-hydrogen) atoms. The number of hydrogen-bond donors (Lipinski definition) is 0. The predicted octanol–water partition coefficient (Wildman–Crippen LogP) is 5.12. The summed E-state index contributed by atoms with van der Waals surface area (Å²) in [6, 6.07) is 11.0. The molecule has 1 aliphatic rings. The second kappa shape index (κ2) is 8.95. The van der Waals surface area contributed by atoms with E-state index in [0.29, 0.717) is 0 Å². The molecule has 0 radical (unpaired) electrons. The van der Waals surface area contributed by atoms with E-state index in [0.717, 1.165) is 18.8 Å². The van der Waals surface area contributed by atoms with Gasteiger partial charge in [0.25, 0.3) is 0 Å². The van der Waals surface area contributed by atoms with Crippen molar-refractivity contribution in [2.24, 2.45) is 0 Å². The van der Waals surface area contributed by atoms with Crippen LogP contribution in [0.1, 0.15) is 41.7 Å². The maximum atomic E-state index is 5.30. The first kappa shape index (κ1) is 17.8. The fourth-order valence-corrected chi connectivity index (χ4v) is 3.17. The highest BCUT2D eigenvalue weighted by Gasteiger charge is 2.09. The lowest BCUT2D eigenvalue weighted by Crippen LogP contribution is -2.17. The molecule has 3 heteroatoms. The Labute approximate surface area is 145 Å². The van der Waals surface area contributed by atoms with Crippen molar-refractivity contribution >= 4 is 18.5 Å². The highest BCUT2D eigenvalue weighted by molar-refractivity contribution is 5.85. The molecule has 0 saturated heterocycles. The number of likely N-dealkylation sites (N-methyl/N-ethyl adjacent to an activating group) is 1. The molecule has 0 bridgehead atoms. The van der Waals surface area contributed by atoms with Gasteiger partial charge in [0.2, 0.25) is 0 Å². The van der Waals surface area contributed by atoms with Gasteiger partial charge in [-0.1, -0.05) is 30.7 Å². The van der Waals surface area contributed by atoms with E-state index >= 15 is 0 Å². The second-order valence-electron chi connectivity index (χ2n) is 6.28. The minimum Gasteiger partial charge on any atom is -0.465 e. The van der Waals surface area contributed by atoms with E-state index in [4.69, 9.17) is 4.42 Å². The fraction of sp³-hybridized carbons (Fsp3) is 0.400. The van der Waals surface area contributed by atoms with Gasteiger partial charge in [-0.15, -0.1) is 12.4 Å². The Bertz CT molecular complexity index is 619. The third-order valence-electron chi connectivity index (χ3n) is 4.36. The zero-order chi connectivity index (χ0) is 15.2. The van der Waals surface area contributed by atoms with Crippen molar-refractivity contribution < 1.29 is 4.42 Å². The maximum absolute atomic E-state index is 5.30. The lowest BCUT2D eigenvalue weighted by molar-refractivity contribution is 0.363. The van der Waals surface area contributed by atoms with E-state index in [9.17, 15) is 0 Å². The van der Waals surface area contributed by atoms with Crippen LogP contribution in [0.5, 0.6) is 0 Å². The van der Waals surface area contributed by atoms with Crippen molar-refractivity contribution in [3.05, 3.63) is 65.1 Å². The van der Waals surface area contributed by atoms with Crippen LogP contribution in [-0.2, 0) is 19.4 Å². The molecular weight excluding hydrogens is 306 g/mol. The van der Waals surface area contributed by atoms with E-state index in [1.807, 2.05) is 18.2 Å². The van der Waals surface area contributed by atoms with Gasteiger partial charge in [0.15, 0.2) is 0 Å². The minimum absolute atomic E-state index is 0. The smallest absolute Gasteiger partial charge is 0.126 e. The Morgan fingerprint density at radius 3 is 2.70 bits per heavy atom. The van der Waals surface area contributed by atoms with E-state index in [1.54, 1.807) is 17.4 Å². The molecule has 1 aromatic heterocycles. The molecule has 0 N–H and O–H groups in total. The van der Waals surface area contributed by atoms with Crippen molar-refractivity contribution in [2.45, 2.75) is 38.6 Å². The van der Waals surface area contributed by atoms with Gasteiger partial charge in [0.1, 0.15) is 5.76 Å². The molecule has 1 aromatic carbocycles. The van der Waals surface area contributed by atoms with Crippen LogP contribution in [0, 0.1) is 0 Å². The van der Waals surface area contributed by atoms with Gasteiger partial charge >= 0.3 is 0 Å². The van der Waals surface area contributed by atoms with Crippen molar-refractivity contribution in [2.75, 3.05) is 13.6 Å². The molecule has 0 amide bonds. The average molecular weight is 332 g/mol. The normalized spacial score (nSPS) is 14.5. The van der Waals surface area contributed by atoms with Gasteiger partial charge in [0, 0.05) is 13.1 Å². The number of rotatable bonds is 5. The molecule has 0 fully saturated rings. The molecule has 3 rings (SSSR count). The van der Waals surface area contributed by atoms with Gasteiger partial charge in [-0.25, -0.2) is 0 Å². The van der Waals surface area contributed by atoms with Gasteiger partial charge in [0.05, 0.1) is 6.26 Å². The predicted molar refractivity (Wildman–Crippen MR) is 99.0 cm³/mol. The lowest BCUT2D eigenvalue weighted by atomic mass is 10.00. The maximum Gasteiger partial charge on any atom is 0.126 e. The molecule has 0 spiro atoms. The Kier molecular flexibility index (Phi) is 6.94. The van der Waals surface area contributed by atoms with Crippen LogP contribution in [-0.4, -0.2) is 18.5 Å². The highest BCUT2D eigenvalue weighted by Crippen LogP contribution is 2.22. The van der Waals surface area contributed by atoms with Crippen LogP contribution in [0.25, 0.3) is 6.08 Å². The van der Waals surface area contributed by atoms with Crippen molar-refractivity contribution in [3.63, 3.8) is 0 Å². The van der Waals surface area contributed by atoms with Crippen LogP contribution in [0.3, 0.4) is 0 Å². The average Bonchev–Trinajstić information content (AvgIpc) is 2.91. The highest BCUT2D eigenvalue weighted by atomic mass is 35.5. The molecule has 124 valence electrons. The summed E-state index contributed by atoms with van der Waals surface area (Å²) in [5.41, 5.74) is 4.57. The number of aryl methyl sites for hydroxylation is 2. The molecule has 2 aromatic rings. The third kappa shape index (κ3) is 5.26. The molecular formula is C20H26ClNO. The molecule has 1 heterocycles. The third-order valence-corrected chi connectivity index (χ3v) is 4.36. The van der Waals surface area contributed by atoms with Crippen molar-refractivity contribution in [1.82, 2.24) is 4.90 Å². The zero-order valence-corrected chi connectivity index (χ0v) is 14.6. The zero-order valence-electron chi connectivity index (χ0n) is 13.8. The number of furan rings is 1.